The van der Waals surface area contributed by atoms with Gasteiger partial charge in [-0.3, -0.25) is 4.79 Å². The highest BCUT2D eigenvalue weighted by Gasteiger charge is 2.24. The van der Waals surface area contributed by atoms with Gasteiger partial charge in [-0.05, 0) is 37.2 Å². The Labute approximate surface area is 187 Å². The molecule has 168 valence electrons. The molecule has 1 aliphatic carbocycles. The second kappa shape index (κ2) is 9.76. The summed E-state index contributed by atoms with van der Waals surface area (Å²) < 4.78 is 3.52. The highest BCUT2D eigenvalue weighted by molar-refractivity contribution is 5.92. The molecule has 1 saturated carbocycles. The van der Waals surface area contributed by atoms with Crippen molar-refractivity contribution in [2.75, 3.05) is 19.0 Å². The molecule has 9 nitrogen and oxygen atoms in total. The first-order chi connectivity index (χ1) is 15.5. The van der Waals surface area contributed by atoms with Crippen LogP contribution in [0.5, 0.6) is 0 Å². The number of nitrogens with one attached hydrogen (secondary N) is 1. The lowest BCUT2D eigenvalue weighted by Crippen LogP contribution is -2.37. The number of carbonyl (C=O) groups excluding carboxylic acids is 2. The standard InChI is InChI=1S/C23H29N7O2/c1-28(2)21-13-20(12-17-8-9-17)26-30(21)11-10-19(15-31)25-23(32)22-24-16-29(27-22)14-18-6-4-3-5-7-18/h3-7,13,15-17,19H,8-12,14H2,1-2H3,(H,25,32). The SMILES string of the molecule is CN(C)c1cc(CC2CC2)nn1CCC(C=O)NC(=O)c1ncn(Cc2ccccc2)n1. The van der Waals surface area contributed by atoms with Gasteiger partial charge in [-0.1, -0.05) is 30.3 Å². The summed E-state index contributed by atoms with van der Waals surface area (Å²) in [4.78, 5) is 30.3. The highest BCUT2D eigenvalue weighted by Crippen LogP contribution is 2.33. The molecular formula is C23H29N7O2. The smallest absolute Gasteiger partial charge is 0.291 e. The Morgan fingerprint density at radius 1 is 1.25 bits per heavy atom. The molecule has 32 heavy (non-hydrogen) atoms. The summed E-state index contributed by atoms with van der Waals surface area (Å²) in [5.41, 5.74) is 2.14. The Morgan fingerprint density at radius 3 is 2.72 bits per heavy atom. The van der Waals surface area contributed by atoms with E-state index in [-0.39, 0.29) is 5.82 Å². The second-order valence-corrected chi connectivity index (χ2v) is 8.52. The molecule has 1 aromatic carbocycles. The van der Waals surface area contributed by atoms with Gasteiger partial charge in [0.1, 0.15) is 18.4 Å². The van der Waals surface area contributed by atoms with E-state index in [1.165, 1.54) is 19.2 Å². The van der Waals surface area contributed by atoms with Gasteiger partial charge in [-0.15, -0.1) is 5.10 Å². The van der Waals surface area contributed by atoms with Crippen LogP contribution < -0.4 is 10.2 Å². The van der Waals surface area contributed by atoms with Gasteiger partial charge in [0, 0.05) is 26.7 Å². The Balaban J connectivity index is 1.34. The van der Waals surface area contributed by atoms with E-state index in [1.807, 2.05) is 54.0 Å². The Bertz CT molecular complexity index is 1050. The fourth-order valence-corrected chi connectivity index (χ4v) is 3.61. The monoisotopic (exact) mass is 435 g/mol. The van der Waals surface area contributed by atoms with Crippen LogP contribution >= 0.6 is 0 Å². The van der Waals surface area contributed by atoms with E-state index in [0.29, 0.717) is 19.5 Å². The van der Waals surface area contributed by atoms with Crippen LogP contribution in [0.25, 0.3) is 0 Å². The normalized spacial score (nSPS) is 14.2. The van der Waals surface area contributed by atoms with E-state index in [4.69, 9.17) is 5.10 Å². The van der Waals surface area contributed by atoms with Crippen LogP contribution in [0.1, 0.15) is 41.1 Å². The Kier molecular flexibility index (Phi) is 6.63. The average molecular weight is 436 g/mol. The lowest BCUT2D eigenvalue weighted by molar-refractivity contribution is -0.109. The van der Waals surface area contributed by atoms with Gasteiger partial charge in [0.05, 0.1) is 18.3 Å². The van der Waals surface area contributed by atoms with Crippen LogP contribution in [0.2, 0.25) is 0 Å². The van der Waals surface area contributed by atoms with Crippen molar-refractivity contribution in [1.82, 2.24) is 29.9 Å². The fraction of sp³-hybridized carbons (Fsp3) is 0.435. The lowest BCUT2D eigenvalue weighted by atomic mass is 10.2. The number of amides is 1. The third kappa shape index (κ3) is 5.60. The van der Waals surface area contributed by atoms with Crippen LogP contribution in [-0.4, -0.2) is 56.9 Å². The molecule has 0 radical (unpaired) electrons. The summed E-state index contributed by atoms with van der Waals surface area (Å²) in [7, 11) is 3.95. The number of aldehydes is 1. The van der Waals surface area contributed by atoms with Crippen molar-refractivity contribution in [3.8, 4) is 0 Å². The number of carbonyl (C=O) groups is 2. The van der Waals surface area contributed by atoms with Gasteiger partial charge in [0.2, 0.25) is 5.82 Å². The zero-order valence-corrected chi connectivity index (χ0v) is 18.5. The fourth-order valence-electron chi connectivity index (χ4n) is 3.61. The second-order valence-electron chi connectivity index (χ2n) is 8.52. The molecule has 1 atom stereocenters. The molecule has 1 fully saturated rings. The molecule has 2 heterocycles. The number of aromatic nitrogens is 5. The van der Waals surface area contributed by atoms with Gasteiger partial charge in [0.25, 0.3) is 5.91 Å². The first-order valence-corrected chi connectivity index (χ1v) is 11.0. The average Bonchev–Trinajstić information content (AvgIpc) is 3.31. The molecular weight excluding hydrogens is 406 g/mol. The molecule has 2 aromatic heterocycles. The molecule has 3 aromatic rings. The van der Waals surface area contributed by atoms with E-state index in [9.17, 15) is 9.59 Å². The predicted molar refractivity (Wildman–Crippen MR) is 120 cm³/mol. The van der Waals surface area contributed by atoms with Crippen LogP contribution in [0.15, 0.2) is 42.7 Å². The van der Waals surface area contributed by atoms with Crippen LogP contribution in [0, 0.1) is 5.92 Å². The minimum absolute atomic E-state index is 0.0487. The maximum atomic E-state index is 12.6. The third-order valence-electron chi connectivity index (χ3n) is 5.52. The van der Waals surface area contributed by atoms with Crippen molar-refractivity contribution in [2.45, 2.75) is 44.8 Å². The number of anilines is 1. The summed E-state index contributed by atoms with van der Waals surface area (Å²) in [6.45, 7) is 1.05. The predicted octanol–water partition coefficient (Wildman–Crippen LogP) is 1.93. The number of nitrogens with zero attached hydrogens (tertiary/aromatic N) is 6. The number of aryl methyl sites for hydroxylation is 1. The quantitative estimate of drug-likeness (QED) is 0.462. The zero-order chi connectivity index (χ0) is 22.5. The molecule has 1 aliphatic rings. The Hall–Kier alpha value is -3.49. The van der Waals surface area contributed by atoms with Crippen molar-refractivity contribution >= 4 is 18.0 Å². The van der Waals surface area contributed by atoms with Crippen molar-refractivity contribution in [3.63, 3.8) is 0 Å². The highest BCUT2D eigenvalue weighted by atomic mass is 16.2. The molecule has 4 rings (SSSR count). The van der Waals surface area contributed by atoms with E-state index in [0.717, 1.165) is 35.7 Å². The van der Waals surface area contributed by atoms with Gasteiger partial charge in [-0.2, -0.15) is 5.10 Å². The molecule has 0 aliphatic heterocycles. The number of rotatable bonds is 11. The van der Waals surface area contributed by atoms with E-state index in [1.54, 1.807) is 4.68 Å². The van der Waals surface area contributed by atoms with Crippen molar-refractivity contribution in [3.05, 3.63) is 59.8 Å². The summed E-state index contributed by atoms with van der Waals surface area (Å²) in [5, 5.41) is 11.7. The van der Waals surface area contributed by atoms with Gasteiger partial charge < -0.3 is 15.0 Å². The molecule has 0 saturated heterocycles. The van der Waals surface area contributed by atoms with Crippen molar-refractivity contribution < 1.29 is 9.59 Å². The minimum atomic E-state index is -0.644. The van der Waals surface area contributed by atoms with E-state index < -0.39 is 11.9 Å². The molecule has 9 heteroatoms. The molecule has 1 amide bonds. The van der Waals surface area contributed by atoms with Gasteiger partial charge >= 0.3 is 0 Å². The Morgan fingerprint density at radius 2 is 2.03 bits per heavy atom. The summed E-state index contributed by atoms with van der Waals surface area (Å²) >= 11 is 0. The largest absolute Gasteiger partial charge is 0.363 e. The van der Waals surface area contributed by atoms with E-state index >= 15 is 0 Å². The molecule has 1 N–H and O–H groups in total. The number of hydrogen-bond donors (Lipinski definition) is 1. The van der Waals surface area contributed by atoms with Gasteiger partial charge in [0.15, 0.2) is 0 Å². The summed E-state index contributed by atoms with van der Waals surface area (Å²) in [5.74, 6) is 1.34. The molecule has 0 bridgehead atoms. The number of hydrogen-bond acceptors (Lipinski definition) is 6. The lowest BCUT2D eigenvalue weighted by Gasteiger charge is -2.16. The third-order valence-corrected chi connectivity index (χ3v) is 5.52. The zero-order valence-electron chi connectivity index (χ0n) is 18.5. The van der Waals surface area contributed by atoms with Crippen LogP contribution in [-0.2, 0) is 24.3 Å². The minimum Gasteiger partial charge on any atom is -0.363 e. The van der Waals surface area contributed by atoms with Crippen LogP contribution in [0.4, 0.5) is 5.82 Å². The molecule has 1 unspecified atom stereocenters. The summed E-state index contributed by atoms with van der Waals surface area (Å²) in [6.07, 6.45) is 6.26. The summed E-state index contributed by atoms with van der Waals surface area (Å²) in [6, 6.07) is 11.3. The van der Waals surface area contributed by atoms with Crippen LogP contribution in [0.3, 0.4) is 0 Å². The van der Waals surface area contributed by atoms with E-state index in [2.05, 4.69) is 21.5 Å². The first-order valence-electron chi connectivity index (χ1n) is 11.0. The van der Waals surface area contributed by atoms with Crippen molar-refractivity contribution in [1.29, 1.82) is 0 Å². The topological polar surface area (TPSA) is 97.9 Å². The maximum absolute atomic E-state index is 12.6. The van der Waals surface area contributed by atoms with Gasteiger partial charge in [-0.25, -0.2) is 14.3 Å². The number of benzene rings is 1. The maximum Gasteiger partial charge on any atom is 0.291 e. The van der Waals surface area contributed by atoms with Crippen molar-refractivity contribution in [2.24, 2.45) is 5.92 Å². The molecule has 0 spiro atoms. The first kappa shape index (κ1) is 21.7.